The lowest BCUT2D eigenvalue weighted by molar-refractivity contribution is -0.394. The highest BCUT2D eigenvalue weighted by Gasteiger charge is 2.87. The number of alkyl halides is 19. The third-order valence-electron chi connectivity index (χ3n) is 3.27. The van der Waals surface area contributed by atoms with Crippen LogP contribution < -0.4 is 0 Å². The fourth-order valence-corrected chi connectivity index (χ4v) is 1.39. The molecule has 0 amide bonds. The molecule has 0 saturated carbocycles. The molecule has 0 aromatic heterocycles. The van der Waals surface area contributed by atoms with Crippen LogP contribution in [-0.2, 0) is 19.4 Å². The lowest BCUT2D eigenvalue weighted by atomic mass is 9.95. The second-order valence-corrected chi connectivity index (χ2v) is 5.64. The van der Waals surface area contributed by atoms with Crippen molar-refractivity contribution < 1.29 is 103 Å². The zero-order chi connectivity index (χ0) is 28.1. The van der Waals surface area contributed by atoms with Gasteiger partial charge in [0.1, 0.15) is 0 Å². The summed E-state index contributed by atoms with van der Waals surface area (Å²) in [5.41, 5.74) is 0. The fourth-order valence-electron chi connectivity index (χ4n) is 1.39. The van der Waals surface area contributed by atoms with Crippen molar-refractivity contribution in [3.05, 3.63) is 0 Å². The summed E-state index contributed by atoms with van der Waals surface area (Å²) >= 11 is 0. The molecule has 1 atom stereocenters. The van der Waals surface area contributed by atoms with Crippen molar-refractivity contribution >= 4 is 11.9 Å². The third-order valence-corrected chi connectivity index (χ3v) is 3.27. The van der Waals surface area contributed by atoms with Gasteiger partial charge in [-0.1, -0.05) is 0 Å². The van der Waals surface area contributed by atoms with Crippen LogP contribution in [0.2, 0.25) is 0 Å². The Hall–Kier alpha value is -2.39. The van der Waals surface area contributed by atoms with Gasteiger partial charge in [-0.05, 0) is 0 Å². The van der Waals surface area contributed by atoms with Crippen molar-refractivity contribution in [3.63, 3.8) is 0 Å². The summed E-state index contributed by atoms with van der Waals surface area (Å²) in [6.45, 7) is 0. The first-order chi connectivity index (χ1) is 14.5. The molecule has 0 aliphatic rings. The fraction of sp³-hybridized carbons (Fsp3) is 0.818. The van der Waals surface area contributed by atoms with E-state index in [-0.39, 0.29) is 0 Å². The lowest BCUT2D eigenvalue weighted by Crippen LogP contribution is -2.68. The van der Waals surface area contributed by atoms with Crippen molar-refractivity contribution in [1.82, 2.24) is 0 Å². The SMILES string of the molecule is O=C(OOC(=O)C(F)(F)C(F)(F)C(F)(F)C(F)(F)C(F)C(F)(F)F)C(F)(F)C(F)(F)C(F)(F)F. The van der Waals surface area contributed by atoms with E-state index in [9.17, 15) is 93.0 Å². The van der Waals surface area contributed by atoms with E-state index in [1.165, 1.54) is 0 Å². The molecule has 0 spiro atoms. The first kappa shape index (κ1) is 31.6. The predicted octanol–water partition coefficient (Wildman–Crippen LogP) is 5.26. The Labute approximate surface area is 170 Å². The van der Waals surface area contributed by atoms with E-state index in [1.54, 1.807) is 0 Å². The van der Waals surface area contributed by atoms with Gasteiger partial charge in [0.2, 0.25) is 0 Å². The zero-order valence-corrected chi connectivity index (χ0v) is 14.4. The summed E-state index contributed by atoms with van der Waals surface area (Å²) in [7, 11) is 0. The summed E-state index contributed by atoms with van der Waals surface area (Å²) < 4.78 is 239. The minimum Gasteiger partial charge on any atom is -0.240 e. The smallest absolute Gasteiger partial charge is 0.240 e. The molecule has 0 aliphatic heterocycles. The molecule has 34 heavy (non-hydrogen) atoms. The summed E-state index contributed by atoms with van der Waals surface area (Å²) in [6.07, 6.45) is -20.7. The lowest BCUT2D eigenvalue weighted by Gasteiger charge is -2.36. The minimum absolute atomic E-state index is 1.99. The quantitative estimate of drug-likeness (QED) is 0.243. The molecule has 4 nitrogen and oxygen atoms in total. The summed E-state index contributed by atoms with van der Waals surface area (Å²) in [6, 6.07) is 0. The maximum Gasteiger partial charge on any atom is 0.460 e. The molecule has 23 heteroatoms. The number of rotatable bonds is 7. The Kier molecular flexibility index (Phi) is 7.79. The van der Waals surface area contributed by atoms with E-state index >= 15 is 0 Å². The van der Waals surface area contributed by atoms with E-state index in [1.807, 2.05) is 9.78 Å². The largest absolute Gasteiger partial charge is 0.460 e. The van der Waals surface area contributed by atoms with Crippen molar-refractivity contribution in [2.75, 3.05) is 0 Å². The van der Waals surface area contributed by atoms with Gasteiger partial charge in [0, 0.05) is 0 Å². The van der Waals surface area contributed by atoms with Crippen LogP contribution in [0.25, 0.3) is 0 Å². The van der Waals surface area contributed by atoms with Crippen LogP contribution in [0.1, 0.15) is 0 Å². The van der Waals surface area contributed by atoms with Gasteiger partial charge in [0.15, 0.2) is 0 Å². The average molecular weight is 558 g/mol. The number of hydrogen-bond acceptors (Lipinski definition) is 4. The molecule has 0 N–H and O–H groups in total. The Morgan fingerprint density at radius 3 is 1.06 bits per heavy atom. The van der Waals surface area contributed by atoms with Crippen molar-refractivity contribution in [2.24, 2.45) is 0 Å². The van der Waals surface area contributed by atoms with Crippen LogP contribution in [0.3, 0.4) is 0 Å². The van der Waals surface area contributed by atoms with Crippen LogP contribution in [0.15, 0.2) is 0 Å². The third kappa shape index (κ3) is 4.73. The van der Waals surface area contributed by atoms with E-state index in [0.29, 0.717) is 0 Å². The van der Waals surface area contributed by atoms with Crippen molar-refractivity contribution in [1.29, 1.82) is 0 Å². The van der Waals surface area contributed by atoms with Gasteiger partial charge in [-0.2, -0.15) is 79.0 Å². The second-order valence-electron chi connectivity index (χ2n) is 5.64. The molecule has 0 saturated heterocycles. The molecular formula is C11HF19O4. The maximum atomic E-state index is 13.2. The first-order valence-electron chi connectivity index (χ1n) is 6.93. The normalized spacial score (nSPS) is 16.2. The van der Waals surface area contributed by atoms with Crippen molar-refractivity contribution in [2.45, 2.75) is 54.1 Å². The topological polar surface area (TPSA) is 52.6 Å². The Morgan fingerprint density at radius 1 is 0.500 bits per heavy atom. The molecule has 0 aromatic rings. The van der Waals surface area contributed by atoms with Gasteiger partial charge in [-0.15, -0.1) is 0 Å². The monoisotopic (exact) mass is 558 g/mol. The minimum atomic E-state index is -8.19. The first-order valence-corrected chi connectivity index (χ1v) is 6.93. The molecule has 202 valence electrons. The zero-order valence-electron chi connectivity index (χ0n) is 14.4. The summed E-state index contributed by atoms with van der Waals surface area (Å²) in [4.78, 5) is 25.1. The number of hydrogen-bond donors (Lipinski definition) is 0. The van der Waals surface area contributed by atoms with Gasteiger partial charge in [0.25, 0.3) is 6.17 Å². The Balaban J connectivity index is 5.97. The van der Waals surface area contributed by atoms with Gasteiger partial charge >= 0.3 is 59.8 Å². The van der Waals surface area contributed by atoms with E-state index in [4.69, 9.17) is 0 Å². The summed E-state index contributed by atoms with van der Waals surface area (Å²) in [5, 5.41) is 0. The molecule has 0 fully saturated rings. The standard InChI is InChI=1S/C11HF19O4/c12-1(7(19,20)21)4(13,14)8(22,23)9(24,25)5(15,16)2(31)33-34-3(32)6(17,18)10(26,27)11(28,29)30/h1H. The maximum absolute atomic E-state index is 13.2. The van der Waals surface area contributed by atoms with Gasteiger partial charge in [0.05, 0.1) is 0 Å². The van der Waals surface area contributed by atoms with Crippen LogP contribution in [0, 0.1) is 0 Å². The van der Waals surface area contributed by atoms with Crippen LogP contribution >= 0.6 is 0 Å². The molecule has 0 heterocycles. The Morgan fingerprint density at radius 2 is 0.794 bits per heavy atom. The van der Waals surface area contributed by atoms with Crippen molar-refractivity contribution in [3.8, 4) is 0 Å². The number of carbonyl (C=O) groups excluding carboxylic acids is 2. The molecule has 1 unspecified atom stereocenters. The van der Waals surface area contributed by atoms with Crippen LogP contribution in [-0.4, -0.2) is 66.0 Å². The van der Waals surface area contributed by atoms with Gasteiger partial charge in [-0.25, -0.2) is 23.8 Å². The van der Waals surface area contributed by atoms with E-state index < -0.39 is 66.0 Å². The van der Waals surface area contributed by atoms with Gasteiger partial charge in [-0.3, -0.25) is 0 Å². The molecule has 0 aromatic carbocycles. The highest BCUT2D eigenvalue weighted by Crippen LogP contribution is 2.56. The average Bonchev–Trinajstić information content (AvgIpc) is 2.62. The summed E-state index contributed by atoms with van der Waals surface area (Å²) in [5.74, 6) is -55.6. The van der Waals surface area contributed by atoms with Crippen LogP contribution in [0.4, 0.5) is 83.4 Å². The second kappa shape index (κ2) is 8.37. The molecular weight excluding hydrogens is 557 g/mol. The van der Waals surface area contributed by atoms with Crippen LogP contribution in [0.5, 0.6) is 0 Å². The Bertz CT molecular complexity index is 778. The number of carbonyl (C=O) groups is 2. The predicted molar refractivity (Wildman–Crippen MR) is 58.9 cm³/mol. The number of halogens is 19. The highest BCUT2D eigenvalue weighted by molar-refractivity contribution is 5.82. The molecule has 0 rings (SSSR count). The molecule has 0 radical (unpaired) electrons. The molecule has 0 aliphatic carbocycles. The molecule has 0 bridgehead atoms. The van der Waals surface area contributed by atoms with Gasteiger partial charge < -0.3 is 0 Å². The van der Waals surface area contributed by atoms with E-state index in [2.05, 4.69) is 0 Å². The van der Waals surface area contributed by atoms with E-state index in [0.717, 1.165) is 0 Å². The highest BCUT2D eigenvalue weighted by atomic mass is 19.4.